The summed E-state index contributed by atoms with van der Waals surface area (Å²) in [5, 5.41) is 1.82. The molecule has 0 saturated heterocycles. The van der Waals surface area contributed by atoms with Crippen molar-refractivity contribution in [1.82, 2.24) is 4.98 Å². The molecule has 0 aliphatic heterocycles. The van der Waals surface area contributed by atoms with Crippen molar-refractivity contribution in [3.05, 3.63) is 40.9 Å². The molecule has 2 rings (SSSR count). The highest BCUT2D eigenvalue weighted by atomic mass is 32.1. The summed E-state index contributed by atoms with van der Waals surface area (Å²) in [6.07, 6.45) is -3.12. The zero-order valence-corrected chi connectivity index (χ0v) is 9.19. The fourth-order valence-corrected chi connectivity index (χ4v) is 2.28. The normalized spacial score (nSPS) is 11.8. The van der Waals surface area contributed by atoms with Crippen LogP contribution in [0.3, 0.4) is 0 Å². The van der Waals surface area contributed by atoms with Gasteiger partial charge >= 0.3 is 6.18 Å². The van der Waals surface area contributed by atoms with E-state index in [9.17, 15) is 13.2 Å². The minimum Gasteiger partial charge on any atom is -0.255 e. The lowest BCUT2D eigenvalue weighted by Gasteiger charge is -2.11. The molecule has 5 heteroatoms. The molecule has 0 unspecified atom stereocenters. The van der Waals surface area contributed by atoms with Crippen molar-refractivity contribution in [2.75, 3.05) is 0 Å². The molecule has 0 spiro atoms. The van der Waals surface area contributed by atoms with Crippen LogP contribution in [0.2, 0.25) is 0 Å². The molecule has 2 heterocycles. The van der Waals surface area contributed by atoms with Gasteiger partial charge in [0.25, 0.3) is 0 Å². The van der Waals surface area contributed by atoms with E-state index in [0.717, 1.165) is 10.9 Å². The van der Waals surface area contributed by atoms with Gasteiger partial charge in [-0.1, -0.05) is 6.07 Å². The van der Waals surface area contributed by atoms with Crippen LogP contribution in [0.15, 0.2) is 29.8 Å². The van der Waals surface area contributed by atoms with Crippen molar-refractivity contribution >= 4 is 11.3 Å². The predicted molar refractivity (Wildman–Crippen MR) is 57.3 cm³/mol. The standard InChI is InChI=1S/C11H8F3NS/c1-7-8(11(12,13)14)4-5-15-10(7)9-3-2-6-16-9/h2-6H,1H3. The Morgan fingerprint density at radius 3 is 2.56 bits per heavy atom. The molecule has 16 heavy (non-hydrogen) atoms. The molecule has 0 aromatic carbocycles. The van der Waals surface area contributed by atoms with Crippen LogP contribution in [-0.2, 0) is 6.18 Å². The molecular formula is C11H8F3NS. The van der Waals surface area contributed by atoms with Crippen LogP contribution in [0, 0.1) is 6.92 Å². The highest BCUT2D eigenvalue weighted by Gasteiger charge is 2.33. The van der Waals surface area contributed by atoms with Gasteiger partial charge in [-0.3, -0.25) is 4.98 Å². The number of pyridine rings is 1. The number of alkyl halides is 3. The van der Waals surface area contributed by atoms with Crippen LogP contribution >= 0.6 is 11.3 Å². The first kappa shape index (κ1) is 11.1. The van der Waals surface area contributed by atoms with Crippen molar-refractivity contribution in [3.63, 3.8) is 0 Å². The van der Waals surface area contributed by atoms with E-state index in [4.69, 9.17) is 0 Å². The second kappa shape index (κ2) is 3.90. The molecule has 1 nitrogen and oxygen atoms in total. The van der Waals surface area contributed by atoms with Crippen LogP contribution in [0.5, 0.6) is 0 Å². The van der Waals surface area contributed by atoms with E-state index in [1.807, 2.05) is 5.38 Å². The van der Waals surface area contributed by atoms with Crippen molar-refractivity contribution in [2.45, 2.75) is 13.1 Å². The number of thiophene rings is 1. The molecule has 0 bridgehead atoms. The molecule has 84 valence electrons. The Balaban J connectivity index is 2.58. The first-order valence-corrected chi connectivity index (χ1v) is 5.45. The largest absolute Gasteiger partial charge is 0.416 e. The number of aromatic nitrogens is 1. The van der Waals surface area contributed by atoms with Gasteiger partial charge in [0.1, 0.15) is 0 Å². The summed E-state index contributed by atoms with van der Waals surface area (Å²) in [5.74, 6) is 0. The number of hydrogen-bond acceptors (Lipinski definition) is 2. The molecule has 0 aliphatic rings. The first-order chi connectivity index (χ1) is 7.50. The fourth-order valence-electron chi connectivity index (χ4n) is 1.50. The van der Waals surface area contributed by atoms with E-state index in [0.29, 0.717) is 5.69 Å². The van der Waals surface area contributed by atoms with Crippen LogP contribution in [0.4, 0.5) is 13.2 Å². The molecular weight excluding hydrogens is 235 g/mol. The van der Waals surface area contributed by atoms with Gasteiger partial charge in [-0.2, -0.15) is 13.2 Å². The van der Waals surface area contributed by atoms with Gasteiger partial charge < -0.3 is 0 Å². The predicted octanol–water partition coefficient (Wildman–Crippen LogP) is 4.14. The van der Waals surface area contributed by atoms with Gasteiger partial charge in [-0.05, 0) is 30.0 Å². The average Bonchev–Trinajstić information content (AvgIpc) is 2.69. The quantitative estimate of drug-likeness (QED) is 0.733. The Labute approximate surface area is 94.6 Å². The third-order valence-corrected chi connectivity index (χ3v) is 3.14. The van der Waals surface area contributed by atoms with Crippen LogP contribution in [-0.4, -0.2) is 4.98 Å². The molecule has 0 fully saturated rings. The van der Waals surface area contributed by atoms with E-state index in [-0.39, 0.29) is 5.56 Å². The third kappa shape index (κ3) is 1.95. The molecule has 0 N–H and O–H groups in total. The second-order valence-electron chi connectivity index (χ2n) is 3.31. The summed E-state index contributed by atoms with van der Waals surface area (Å²) < 4.78 is 37.9. The number of nitrogens with zero attached hydrogens (tertiary/aromatic N) is 1. The third-order valence-electron chi connectivity index (χ3n) is 2.26. The maximum absolute atomic E-state index is 12.6. The van der Waals surface area contributed by atoms with Gasteiger partial charge in [0.15, 0.2) is 0 Å². The Morgan fingerprint density at radius 1 is 1.25 bits per heavy atom. The monoisotopic (exact) mass is 243 g/mol. The molecule has 0 saturated carbocycles. The summed E-state index contributed by atoms with van der Waals surface area (Å²) in [4.78, 5) is 4.76. The maximum atomic E-state index is 12.6. The zero-order chi connectivity index (χ0) is 11.8. The Bertz CT molecular complexity index is 488. The Kier molecular flexibility index (Phi) is 2.71. The highest BCUT2D eigenvalue weighted by Crippen LogP contribution is 2.35. The Morgan fingerprint density at radius 2 is 2.00 bits per heavy atom. The number of rotatable bonds is 1. The smallest absolute Gasteiger partial charge is 0.255 e. The Hall–Kier alpha value is -1.36. The van der Waals surface area contributed by atoms with E-state index in [1.54, 1.807) is 12.1 Å². The summed E-state index contributed by atoms with van der Waals surface area (Å²) >= 11 is 1.38. The lowest BCUT2D eigenvalue weighted by atomic mass is 10.1. The maximum Gasteiger partial charge on any atom is 0.416 e. The minimum atomic E-state index is -4.32. The average molecular weight is 243 g/mol. The second-order valence-corrected chi connectivity index (χ2v) is 4.25. The molecule has 0 aliphatic carbocycles. The summed E-state index contributed by atoms with van der Waals surface area (Å²) in [5.41, 5.74) is -0.0341. The highest BCUT2D eigenvalue weighted by molar-refractivity contribution is 7.13. The van der Waals surface area contributed by atoms with Gasteiger partial charge in [0.2, 0.25) is 0 Å². The summed E-state index contributed by atoms with van der Waals surface area (Å²) in [6, 6.07) is 4.56. The van der Waals surface area contributed by atoms with E-state index in [2.05, 4.69) is 4.98 Å². The van der Waals surface area contributed by atoms with Gasteiger partial charge in [-0.15, -0.1) is 11.3 Å². The van der Waals surface area contributed by atoms with Crippen molar-refractivity contribution in [2.24, 2.45) is 0 Å². The van der Waals surface area contributed by atoms with Crippen LogP contribution in [0.1, 0.15) is 11.1 Å². The van der Waals surface area contributed by atoms with Gasteiger partial charge in [0.05, 0.1) is 16.1 Å². The van der Waals surface area contributed by atoms with Crippen molar-refractivity contribution in [3.8, 4) is 10.6 Å². The van der Waals surface area contributed by atoms with E-state index >= 15 is 0 Å². The minimum absolute atomic E-state index is 0.178. The van der Waals surface area contributed by atoms with Crippen molar-refractivity contribution in [1.29, 1.82) is 0 Å². The van der Waals surface area contributed by atoms with E-state index in [1.165, 1.54) is 24.5 Å². The van der Waals surface area contributed by atoms with Gasteiger partial charge in [0, 0.05) is 6.20 Å². The topological polar surface area (TPSA) is 12.9 Å². The lowest BCUT2D eigenvalue weighted by Crippen LogP contribution is -2.08. The van der Waals surface area contributed by atoms with Crippen LogP contribution < -0.4 is 0 Å². The molecule has 2 aromatic heterocycles. The van der Waals surface area contributed by atoms with Crippen LogP contribution in [0.25, 0.3) is 10.6 Å². The SMILES string of the molecule is Cc1c(C(F)(F)F)ccnc1-c1cccs1. The van der Waals surface area contributed by atoms with Gasteiger partial charge in [-0.25, -0.2) is 0 Å². The lowest BCUT2D eigenvalue weighted by molar-refractivity contribution is -0.138. The molecule has 2 aromatic rings. The molecule has 0 atom stereocenters. The van der Waals surface area contributed by atoms with Crippen molar-refractivity contribution < 1.29 is 13.2 Å². The van der Waals surface area contributed by atoms with E-state index < -0.39 is 11.7 Å². The molecule has 0 radical (unpaired) electrons. The zero-order valence-electron chi connectivity index (χ0n) is 8.38. The first-order valence-electron chi connectivity index (χ1n) is 4.57. The summed E-state index contributed by atoms with van der Waals surface area (Å²) in [6.45, 7) is 1.45. The number of hydrogen-bond donors (Lipinski definition) is 0. The fraction of sp³-hybridized carbons (Fsp3) is 0.182. The summed E-state index contributed by atoms with van der Waals surface area (Å²) in [7, 11) is 0. The molecule has 0 amide bonds. The number of halogens is 3.